The highest BCUT2D eigenvalue weighted by Crippen LogP contribution is 2.39. The number of nitrogens with zero attached hydrogens (tertiary/aromatic N) is 3. The third kappa shape index (κ3) is 5.75. The smallest absolute Gasteiger partial charge is 0.139 e. The molecule has 1 aromatic heterocycles. The van der Waals surface area contributed by atoms with Gasteiger partial charge >= 0.3 is 0 Å². The van der Waals surface area contributed by atoms with Crippen molar-refractivity contribution in [1.29, 1.82) is 0 Å². The highest BCUT2D eigenvalue weighted by atomic mass is 16.3. The van der Waals surface area contributed by atoms with Gasteiger partial charge in [-0.05, 0) is 50.2 Å². The number of aryl methyl sites for hydroxylation is 3. The van der Waals surface area contributed by atoms with E-state index in [0.717, 1.165) is 48.5 Å². The first kappa shape index (κ1) is 21.7. The number of rotatable bonds is 11. The van der Waals surface area contributed by atoms with Gasteiger partial charge in [-0.1, -0.05) is 44.0 Å². The number of benzene rings is 1. The maximum atomic E-state index is 12.8. The molecule has 1 aliphatic carbocycles. The van der Waals surface area contributed by atoms with Gasteiger partial charge < -0.3 is 9.67 Å². The standard InChI is InChI=1S/C24H35N3O2/c1-16(2)6-5-7-23-25-26-24(27(23)21-10-11-21)20(15-28)14-22(29)13-19-9-8-17(3)12-18(19)4/h8-9,12,16,20-21,28H,5-7,10-11,13-15H2,1-4H3. The molecule has 0 radical (unpaired) electrons. The van der Waals surface area contributed by atoms with Crippen LogP contribution in [0, 0.1) is 19.8 Å². The van der Waals surface area contributed by atoms with Crippen LogP contribution in [0.1, 0.15) is 86.3 Å². The first-order valence-electron chi connectivity index (χ1n) is 11.0. The molecule has 1 aliphatic rings. The summed E-state index contributed by atoms with van der Waals surface area (Å²) in [4.78, 5) is 12.8. The van der Waals surface area contributed by atoms with Gasteiger partial charge in [0, 0.05) is 31.2 Å². The Morgan fingerprint density at radius 3 is 2.62 bits per heavy atom. The van der Waals surface area contributed by atoms with Gasteiger partial charge in [0.05, 0.1) is 6.61 Å². The summed E-state index contributed by atoms with van der Waals surface area (Å²) in [7, 11) is 0. The SMILES string of the molecule is Cc1ccc(CC(=O)CC(CO)c2nnc(CCCC(C)C)n2C2CC2)c(C)c1. The fraction of sp³-hybridized carbons (Fsp3) is 0.625. The Hall–Kier alpha value is -2.01. The van der Waals surface area contributed by atoms with Crippen molar-refractivity contribution in [3.05, 3.63) is 46.5 Å². The number of hydrogen-bond acceptors (Lipinski definition) is 4. The molecular weight excluding hydrogens is 362 g/mol. The predicted molar refractivity (Wildman–Crippen MR) is 115 cm³/mol. The number of ketones is 1. The second-order valence-corrected chi connectivity index (χ2v) is 9.09. The van der Waals surface area contributed by atoms with Crippen molar-refractivity contribution in [3.63, 3.8) is 0 Å². The van der Waals surface area contributed by atoms with Gasteiger partial charge in [0.15, 0.2) is 0 Å². The van der Waals surface area contributed by atoms with Crippen molar-refractivity contribution >= 4 is 5.78 Å². The second kappa shape index (κ2) is 9.66. The Balaban J connectivity index is 1.70. The molecule has 0 amide bonds. The monoisotopic (exact) mass is 397 g/mol. The van der Waals surface area contributed by atoms with Gasteiger partial charge in [0.1, 0.15) is 17.4 Å². The van der Waals surface area contributed by atoms with Gasteiger partial charge in [0.2, 0.25) is 0 Å². The lowest BCUT2D eigenvalue weighted by atomic mass is 9.95. The van der Waals surface area contributed by atoms with Crippen LogP contribution in [0.4, 0.5) is 0 Å². The summed E-state index contributed by atoms with van der Waals surface area (Å²) >= 11 is 0. The largest absolute Gasteiger partial charge is 0.396 e. The van der Waals surface area contributed by atoms with Crippen LogP contribution in [0.5, 0.6) is 0 Å². The quantitative estimate of drug-likeness (QED) is 0.607. The molecule has 1 saturated carbocycles. The number of aromatic nitrogens is 3. The molecule has 1 heterocycles. The Morgan fingerprint density at radius 2 is 2.00 bits per heavy atom. The van der Waals surface area contributed by atoms with E-state index < -0.39 is 0 Å². The molecule has 1 unspecified atom stereocenters. The number of carbonyl (C=O) groups is 1. The normalized spacial score (nSPS) is 15.1. The van der Waals surface area contributed by atoms with Crippen LogP contribution < -0.4 is 0 Å². The van der Waals surface area contributed by atoms with Crippen molar-refractivity contribution in [2.75, 3.05) is 6.61 Å². The molecule has 0 bridgehead atoms. The molecule has 2 aromatic rings. The first-order valence-corrected chi connectivity index (χ1v) is 11.0. The zero-order valence-electron chi connectivity index (χ0n) is 18.3. The van der Waals surface area contributed by atoms with E-state index in [1.165, 1.54) is 12.0 Å². The zero-order valence-corrected chi connectivity index (χ0v) is 18.3. The fourth-order valence-electron chi connectivity index (χ4n) is 4.03. The minimum Gasteiger partial charge on any atom is -0.396 e. The highest BCUT2D eigenvalue weighted by Gasteiger charge is 2.32. The maximum Gasteiger partial charge on any atom is 0.139 e. The van der Waals surface area contributed by atoms with E-state index in [2.05, 4.69) is 41.6 Å². The number of aliphatic hydroxyl groups is 1. The second-order valence-electron chi connectivity index (χ2n) is 9.09. The molecule has 1 aromatic carbocycles. The average molecular weight is 398 g/mol. The number of aliphatic hydroxyl groups excluding tert-OH is 1. The molecule has 1 N–H and O–H groups in total. The lowest BCUT2D eigenvalue weighted by molar-refractivity contribution is -0.119. The molecule has 0 saturated heterocycles. The molecule has 158 valence electrons. The van der Waals surface area contributed by atoms with Gasteiger partial charge in [-0.3, -0.25) is 4.79 Å². The lowest BCUT2D eigenvalue weighted by Gasteiger charge is -2.16. The van der Waals surface area contributed by atoms with Crippen molar-refractivity contribution in [3.8, 4) is 0 Å². The van der Waals surface area contributed by atoms with Crippen molar-refractivity contribution in [1.82, 2.24) is 14.8 Å². The van der Waals surface area contributed by atoms with Gasteiger partial charge in [-0.2, -0.15) is 0 Å². The van der Waals surface area contributed by atoms with Crippen molar-refractivity contribution in [2.45, 2.75) is 84.6 Å². The maximum absolute atomic E-state index is 12.8. The molecule has 5 heteroatoms. The number of hydrogen-bond donors (Lipinski definition) is 1. The first-order chi connectivity index (χ1) is 13.9. The van der Waals surface area contributed by atoms with E-state index in [1.807, 2.05) is 19.1 Å². The van der Waals surface area contributed by atoms with Gasteiger partial charge in [0.25, 0.3) is 0 Å². The van der Waals surface area contributed by atoms with Crippen molar-refractivity contribution in [2.24, 2.45) is 5.92 Å². The van der Waals surface area contributed by atoms with E-state index >= 15 is 0 Å². The molecule has 1 atom stereocenters. The summed E-state index contributed by atoms with van der Waals surface area (Å²) in [5, 5.41) is 18.9. The topological polar surface area (TPSA) is 68.0 Å². The van der Waals surface area contributed by atoms with E-state index in [-0.39, 0.29) is 18.3 Å². The van der Waals surface area contributed by atoms with E-state index in [1.54, 1.807) is 0 Å². The van der Waals surface area contributed by atoms with E-state index in [9.17, 15) is 9.90 Å². The Kier molecular flexibility index (Phi) is 7.23. The van der Waals surface area contributed by atoms with Crippen LogP contribution in [0.2, 0.25) is 0 Å². The van der Waals surface area contributed by atoms with Gasteiger partial charge in [-0.15, -0.1) is 10.2 Å². The molecule has 5 nitrogen and oxygen atoms in total. The summed E-state index contributed by atoms with van der Waals surface area (Å²) in [6.07, 6.45) is 6.16. The molecule has 0 aliphatic heterocycles. The molecule has 3 rings (SSSR count). The summed E-state index contributed by atoms with van der Waals surface area (Å²) in [6.45, 7) is 8.51. The van der Waals surface area contributed by atoms with Crippen LogP contribution >= 0.6 is 0 Å². The van der Waals surface area contributed by atoms with Crippen LogP contribution in [-0.4, -0.2) is 32.3 Å². The lowest BCUT2D eigenvalue weighted by Crippen LogP contribution is -2.18. The number of carbonyl (C=O) groups excluding carboxylic acids is 1. The fourth-order valence-corrected chi connectivity index (χ4v) is 4.03. The van der Waals surface area contributed by atoms with E-state index in [0.29, 0.717) is 24.8 Å². The molecule has 0 spiro atoms. The van der Waals surface area contributed by atoms with E-state index in [4.69, 9.17) is 0 Å². The summed E-state index contributed by atoms with van der Waals surface area (Å²) < 4.78 is 2.23. The zero-order chi connectivity index (χ0) is 21.0. The minimum atomic E-state index is -0.278. The van der Waals surface area contributed by atoms with Crippen molar-refractivity contribution < 1.29 is 9.90 Å². The summed E-state index contributed by atoms with van der Waals surface area (Å²) in [6, 6.07) is 6.64. The Bertz CT molecular complexity index is 837. The number of Topliss-reactive ketones (excluding diaryl/α,β-unsaturated/α-hetero) is 1. The summed E-state index contributed by atoms with van der Waals surface area (Å²) in [5.41, 5.74) is 3.41. The predicted octanol–water partition coefficient (Wildman–Crippen LogP) is 4.49. The van der Waals surface area contributed by atoms with Crippen LogP contribution in [0.25, 0.3) is 0 Å². The molecular formula is C24H35N3O2. The average Bonchev–Trinajstić information content (AvgIpc) is 3.42. The Morgan fingerprint density at radius 1 is 1.24 bits per heavy atom. The highest BCUT2D eigenvalue weighted by molar-refractivity contribution is 5.82. The minimum absolute atomic E-state index is 0.0739. The van der Waals surface area contributed by atoms with Crippen LogP contribution in [0.15, 0.2) is 18.2 Å². The third-order valence-electron chi connectivity index (χ3n) is 5.83. The molecule has 29 heavy (non-hydrogen) atoms. The van der Waals surface area contributed by atoms with Gasteiger partial charge in [-0.25, -0.2) is 0 Å². The molecule has 1 fully saturated rings. The van der Waals surface area contributed by atoms with Crippen LogP contribution in [-0.2, 0) is 17.6 Å². The summed E-state index contributed by atoms with van der Waals surface area (Å²) in [5.74, 6) is 2.36. The Labute approximate surface area is 174 Å². The van der Waals surface area contributed by atoms with Crippen LogP contribution in [0.3, 0.4) is 0 Å². The third-order valence-corrected chi connectivity index (χ3v) is 5.83.